The topological polar surface area (TPSA) is 39.1 Å². The van der Waals surface area contributed by atoms with Gasteiger partial charge in [0.2, 0.25) is 0 Å². The average molecular weight is 405 g/mol. The van der Waals surface area contributed by atoms with Crippen molar-refractivity contribution >= 4 is 49.0 Å². The molecule has 0 atom stereocenters. The van der Waals surface area contributed by atoms with Gasteiger partial charge >= 0.3 is 0 Å². The number of aryl methyl sites for hydroxylation is 2. The van der Waals surface area contributed by atoms with Gasteiger partial charge in [-0.15, -0.1) is 11.3 Å². The first-order valence-electron chi connectivity index (χ1n) is 5.54. The predicted octanol–water partition coefficient (Wildman–Crippen LogP) is 3.93. The summed E-state index contributed by atoms with van der Waals surface area (Å²) in [4.78, 5) is 26.3. The molecule has 0 radical (unpaired) electrons. The number of rotatable bonds is 3. The summed E-state index contributed by atoms with van der Waals surface area (Å²) < 4.78 is 2.60. The molecule has 0 unspecified atom stereocenters. The van der Waals surface area contributed by atoms with Crippen molar-refractivity contribution in [2.45, 2.75) is 20.4 Å². The first-order chi connectivity index (χ1) is 8.88. The molecule has 6 heteroatoms. The number of nitrogens with zero attached hydrogens (tertiary/aromatic N) is 1. The van der Waals surface area contributed by atoms with Crippen LogP contribution in [0.1, 0.15) is 20.1 Å². The maximum Gasteiger partial charge on any atom is 0.265 e. The lowest BCUT2D eigenvalue weighted by molar-refractivity contribution is 0.0970. The van der Waals surface area contributed by atoms with E-state index in [1.165, 1.54) is 4.57 Å². The zero-order valence-corrected chi connectivity index (χ0v) is 14.4. The van der Waals surface area contributed by atoms with E-state index in [2.05, 4.69) is 31.9 Å². The van der Waals surface area contributed by atoms with Crippen LogP contribution in [0, 0.1) is 13.8 Å². The normalized spacial score (nSPS) is 10.7. The highest BCUT2D eigenvalue weighted by molar-refractivity contribution is 9.11. The van der Waals surface area contributed by atoms with E-state index >= 15 is 0 Å². The molecule has 19 heavy (non-hydrogen) atoms. The third-order valence-electron chi connectivity index (χ3n) is 2.66. The number of ketones is 1. The second-order valence-corrected chi connectivity index (χ2v) is 7.42. The van der Waals surface area contributed by atoms with Crippen LogP contribution < -0.4 is 5.56 Å². The summed E-state index contributed by atoms with van der Waals surface area (Å²) in [7, 11) is 0. The summed E-state index contributed by atoms with van der Waals surface area (Å²) in [5.41, 5.74) is 0.492. The second-order valence-electron chi connectivity index (χ2n) is 4.19. The smallest absolute Gasteiger partial charge is 0.265 e. The Morgan fingerprint density at radius 3 is 2.58 bits per heavy atom. The molecular formula is C13H11Br2NO2S. The molecule has 0 aliphatic rings. The maximum absolute atomic E-state index is 12.2. The number of pyridine rings is 1. The summed E-state index contributed by atoms with van der Waals surface area (Å²) in [5.74, 6) is -0.0473. The molecule has 0 saturated heterocycles. The van der Waals surface area contributed by atoms with Crippen molar-refractivity contribution in [2.75, 3.05) is 0 Å². The molecule has 2 aromatic rings. The summed E-state index contributed by atoms with van der Waals surface area (Å²) >= 11 is 8.09. The van der Waals surface area contributed by atoms with Gasteiger partial charge in [-0.2, -0.15) is 0 Å². The number of hydrogen-bond donors (Lipinski definition) is 0. The summed E-state index contributed by atoms with van der Waals surface area (Å²) in [5, 5.41) is 0. The molecule has 2 rings (SSSR count). The Balaban J connectivity index is 2.34. The largest absolute Gasteiger partial charge is 0.306 e. The Kier molecular flexibility index (Phi) is 4.43. The molecule has 0 fully saturated rings. The van der Waals surface area contributed by atoms with Crippen LogP contribution in [0.25, 0.3) is 0 Å². The van der Waals surface area contributed by atoms with Crippen molar-refractivity contribution in [3.63, 3.8) is 0 Å². The van der Waals surface area contributed by atoms with Gasteiger partial charge in [-0.05, 0) is 57.8 Å². The van der Waals surface area contributed by atoms with Crippen molar-refractivity contribution in [3.8, 4) is 0 Å². The van der Waals surface area contributed by atoms with Crippen molar-refractivity contribution in [2.24, 2.45) is 0 Å². The third kappa shape index (κ3) is 3.24. The van der Waals surface area contributed by atoms with Gasteiger partial charge in [0.1, 0.15) is 0 Å². The number of halogens is 2. The summed E-state index contributed by atoms with van der Waals surface area (Å²) in [6.07, 6.45) is 1.62. The highest BCUT2D eigenvalue weighted by Crippen LogP contribution is 2.21. The third-order valence-corrected chi connectivity index (χ3v) is 4.63. The molecule has 100 valence electrons. The Morgan fingerprint density at radius 2 is 2.00 bits per heavy atom. The number of hydrogen-bond acceptors (Lipinski definition) is 3. The molecule has 0 aliphatic heterocycles. The van der Waals surface area contributed by atoms with Crippen molar-refractivity contribution < 1.29 is 4.79 Å². The van der Waals surface area contributed by atoms with Crippen molar-refractivity contribution in [1.82, 2.24) is 4.57 Å². The lowest BCUT2D eigenvalue weighted by atomic mass is 10.1. The Hall–Kier alpha value is -0.720. The van der Waals surface area contributed by atoms with E-state index in [0.29, 0.717) is 10.0 Å². The molecule has 0 N–H and O–H groups in total. The lowest BCUT2D eigenvalue weighted by Crippen LogP contribution is -2.24. The molecule has 0 saturated carbocycles. The van der Waals surface area contributed by atoms with Crippen molar-refractivity contribution in [3.05, 3.63) is 52.9 Å². The highest BCUT2D eigenvalue weighted by Gasteiger charge is 2.14. The molecule has 0 bridgehead atoms. The molecule has 0 aromatic carbocycles. The van der Waals surface area contributed by atoms with Crippen LogP contribution >= 0.6 is 43.2 Å². The summed E-state index contributed by atoms with van der Waals surface area (Å²) in [6.45, 7) is 3.94. The lowest BCUT2D eigenvalue weighted by Gasteiger charge is -2.06. The number of carbonyl (C=O) groups is 1. The predicted molar refractivity (Wildman–Crippen MR) is 84.2 cm³/mol. The number of aromatic nitrogens is 1. The van der Waals surface area contributed by atoms with Gasteiger partial charge in [0.05, 0.1) is 11.0 Å². The van der Waals surface area contributed by atoms with Crippen LogP contribution in [0.15, 0.2) is 32.1 Å². The van der Waals surface area contributed by atoms with Crippen molar-refractivity contribution in [1.29, 1.82) is 0 Å². The van der Waals surface area contributed by atoms with E-state index in [9.17, 15) is 9.59 Å². The average Bonchev–Trinajstić information content (AvgIpc) is 2.64. The van der Waals surface area contributed by atoms with Crippen LogP contribution in [0.5, 0.6) is 0 Å². The van der Waals surface area contributed by atoms with E-state index in [4.69, 9.17) is 0 Å². The summed E-state index contributed by atoms with van der Waals surface area (Å²) in [6, 6.07) is 3.55. The van der Waals surface area contributed by atoms with Crippen LogP contribution in [0.2, 0.25) is 0 Å². The van der Waals surface area contributed by atoms with Crippen LogP contribution in [-0.2, 0) is 6.54 Å². The minimum absolute atomic E-state index is 0.0473. The minimum atomic E-state index is -0.207. The van der Waals surface area contributed by atoms with Gasteiger partial charge < -0.3 is 4.57 Å². The molecule has 0 aliphatic carbocycles. The zero-order valence-electron chi connectivity index (χ0n) is 10.4. The molecule has 0 amide bonds. The molecule has 2 heterocycles. The first-order valence-corrected chi connectivity index (χ1v) is 7.94. The molecule has 3 nitrogen and oxygen atoms in total. The van der Waals surface area contributed by atoms with Gasteiger partial charge in [0.15, 0.2) is 5.78 Å². The van der Waals surface area contributed by atoms with Crippen LogP contribution in [0.3, 0.4) is 0 Å². The molecular weight excluding hydrogens is 394 g/mol. The number of carbonyl (C=O) groups excluding carboxylic acids is 1. The fraction of sp³-hybridized carbons (Fsp3) is 0.231. The molecule has 2 aromatic heterocycles. The van der Waals surface area contributed by atoms with Gasteiger partial charge in [-0.25, -0.2) is 0 Å². The fourth-order valence-electron chi connectivity index (χ4n) is 1.83. The first kappa shape index (κ1) is 14.7. The standard InChI is InChI=1S/C13H11Br2NO2S/c1-7-3-10(8(2)19-7)12(17)6-16-5-9(14)4-11(15)13(16)18/h3-5H,6H2,1-2H3. The second kappa shape index (κ2) is 5.73. The number of Topliss-reactive ketones (excluding diaryl/α,β-unsaturated/α-hetero) is 1. The SMILES string of the molecule is Cc1cc(C(=O)Cn2cc(Br)cc(Br)c2=O)c(C)s1. The Labute approximate surface area is 131 Å². The quantitative estimate of drug-likeness (QED) is 0.727. The Bertz CT molecular complexity index is 703. The Morgan fingerprint density at radius 1 is 1.32 bits per heavy atom. The zero-order chi connectivity index (χ0) is 14.2. The van der Waals surface area contributed by atoms with Gasteiger partial charge in [-0.3, -0.25) is 9.59 Å². The van der Waals surface area contributed by atoms with E-state index in [0.717, 1.165) is 14.2 Å². The van der Waals surface area contributed by atoms with Crippen LogP contribution in [-0.4, -0.2) is 10.4 Å². The fourth-order valence-corrected chi connectivity index (χ4v) is 4.03. The van der Waals surface area contributed by atoms with Gasteiger partial charge in [0.25, 0.3) is 5.56 Å². The van der Waals surface area contributed by atoms with Gasteiger partial charge in [0, 0.05) is 26.0 Å². The van der Waals surface area contributed by atoms with E-state index < -0.39 is 0 Å². The highest BCUT2D eigenvalue weighted by atomic mass is 79.9. The monoisotopic (exact) mass is 403 g/mol. The van der Waals surface area contributed by atoms with Gasteiger partial charge in [-0.1, -0.05) is 0 Å². The maximum atomic E-state index is 12.2. The van der Waals surface area contributed by atoms with E-state index in [-0.39, 0.29) is 17.9 Å². The van der Waals surface area contributed by atoms with Crippen LogP contribution in [0.4, 0.5) is 0 Å². The minimum Gasteiger partial charge on any atom is -0.306 e. The van der Waals surface area contributed by atoms with E-state index in [1.54, 1.807) is 23.6 Å². The van der Waals surface area contributed by atoms with E-state index in [1.807, 2.05) is 19.9 Å². The molecule has 0 spiro atoms. The number of thiophene rings is 1.